The lowest BCUT2D eigenvalue weighted by Crippen LogP contribution is -2.41. The zero-order valence-corrected chi connectivity index (χ0v) is 13.7. The van der Waals surface area contributed by atoms with Gasteiger partial charge in [0.15, 0.2) is 0 Å². The first-order valence-electron chi connectivity index (χ1n) is 6.20. The van der Waals surface area contributed by atoms with Crippen LogP contribution in [0.5, 0.6) is 0 Å². The molecule has 0 amide bonds. The van der Waals surface area contributed by atoms with Crippen molar-refractivity contribution < 1.29 is 13.7 Å². The molecule has 1 heterocycles. The van der Waals surface area contributed by atoms with E-state index in [1.165, 1.54) is 6.07 Å². The Morgan fingerprint density at radius 2 is 1.74 bits per heavy atom. The van der Waals surface area contributed by atoms with Gasteiger partial charge < -0.3 is 15.0 Å². The predicted octanol–water partition coefficient (Wildman–Crippen LogP) is 3.06. The van der Waals surface area contributed by atoms with Crippen LogP contribution in [0.3, 0.4) is 0 Å². The molecule has 0 spiro atoms. The van der Waals surface area contributed by atoms with Crippen molar-refractivity contribution in [2.45, 2.75) is 44.8 Å². The van der Waals surface area contributed by atoms with Crippen molar-refractivity contribution in [1.82, 2.24) is 0 Å². The monoisotopic (exact) mass is 377 g/mol. The second-order valence-corrected chi connectivity index (χ2v) is 7.06. The maximum absolute atomic E-state index is 13.9. The van der Waals surface area contributed by atoms with E-state index in [1.807, 2.05) is 27.7 Å². The third-order valence-electron chi connectivity index (χ3n) is 3.88. The Hall–Kier alpha value is -0.175. The molecular formula is C13H18BFINO2. The predicted molar refractivity (Wildman–Crippen MR) is 82.1 cm³/mol. The Morgan fingerprint density at radius 3 is 2.26 bits per heavy atom. The first kappa shape index (κ1) is 15.2. The molecule has 1 saturated heterocycles. The summed E-state index contributed by atoms with van der Waals surface area (Å²) in [7, 11) is -0.641. The lowest BCUT2D eigenvalue weighted by Gasteiger charge is -2.32. The summed E-state index contributed by atoms with van der Waals surface area (Å²) >= 11 is 2.13. The van der Waals surface area contributed by atoms with E-state index in [0.29, 0.717) is 5.56 Å². The van der Waals surface area contributed by atoms with Crippen LogP contribution in [0.25, 0.3) is 0 Å². The van der Waals surface area contributed by atoms with Crippen LogP contribution in [-0.2, 0) is 9.31 Å². The average Bonchev–Trinajstić information content (AvgIpc) is 2.51. The summed E-state index contributed by atoms with van der Waals surface area (Å²) in [4.78, 5) is 0. The number of rotatable bonds is 2. The maximum Gasteiger partial charge on any atom is 0.480 e. The van der Waals surface area contributed by atoms with Gasteiger partial charge in [0.25, 0.3) is 0 Å². The van der Waals surface area contributed by atoms with Crippen LogP contribution in [0.2, 0.25) is 0 Å². The summed E-state index contributed by atoms with van der Waals surface area (Å²) in [5.41, 5.74) is 5.61. The van der Waals surface area contributed by atoms with Crippen LogP contribution >= 0.6 is 22.6 Å². The molecule has 1 aliphatic rings. The van der Waals surface area contributed by atoms with Gasteiger partial charge in [-0.1, -0.05) is 0 Å². The minimum absolute atomic E-state index is 0.331. The van der Waals surface area contributed by atoms with Gasteiger partial charge in [0.2, 0.25) is 0 Å². The highest BCUT2D eigenvalue weighted by Crippen LogP contribution is 2.39. The molecule has 0 saturated carbocycles. The highest BCUT2D eigenvalue weighted by atomic mass is 127. The summed E-state index contributed by atoms with van der Waals surface area (Å²) in [5, 5.41) is 0. The highest BCUT2D eigenvalue weighted by molar-refractivity contribution is 14.1. The number of halogens is 2. The first-order valence-corrected chi connectivity index (χ1v) is 7.28. The summed E-state index contributed by atoms with van der Waals surface area (Å²) in [6.45, 7) is 7.80. The molecule has 1 atom stereocenters. The molecule has 1 aromatic carbocycles. The summed E-state index contributed by atoms with van der Waals surface area (Å²) in [6, 6.07) is 4.85. The second-order valence-electron chi connectivity index (χ2n) is 5.82. The molecule has 6 heteroatoms. The molecule has 1 aliphatic heterocycles. The topological polar surface area (TPSA) is 44.5 Å². The largest absolute Gasteiger partial charge is 0.480 e. The van der Waals surface area contributed by atoms with Gasteiger partial charge in [0.05, 0.1) is 17.1 Å². The van der Waals surface area contributed by atoms with Crippen LogP contribution in [0.4, 0.5) is 4.39 Å². The van der Waals surface area contributed by atoms with Gasteiger partial charge in [-0.3, -0.25) is 0 Å². The molecule has 0 bridgehead atoms. The molecule has 2 N–H and O–H groups in total. The highest BCUT2D eigenvalue weighted by Gasteiger charge is 2.53. The number of benzene rings is 1. The van der Waals surface area contributed by atoms with Gasteiger partial charge in [0.1, 0.15) is 5.82 Å². The second kappa shape index (κ2) is 4.98. The normalized spacial score (nSPS) is 22.6. The number of nitrogens with two attached hydrogens (primary N) is 1. The Labute approximate surface area is 127 Å². The van der Waals surface area contributed by atoms with Gasteiger partial charge in [-0.2, -0.15) is 0 Å². The van der Waals surface area contributed by atoms with E-state index in [-0.39, 0.29) is 5.82 Å². The number of hydrogen-bond acceptors (Lipinski definition) is 3. The Kier molecular flexibility index (Phi) is 3.99. The van der Waals surface area contributed by atoms with Crippen molar-refractivity contribution in [3.63, 3.8) is 0 Å². The molecule has 3 nitrogen and oxygen atoms in total. The van der Waals surface area contributed by atoms with Crippen molar-refractivity contribution in [3.8, 4) is 0 Å². The first-order chi connectivity index (χ1) is 8.64. The minimum atomic E-state index is -0.643. The van der Waals surface area contributed by atoms with E-state index in [0.717, 1.165) is 3.57 Å². The molecule has 1 aromatic rings. The fourth-order valence-corrected chi connectivity index (χ4v) is 2.47. The molecular weight excluding hydrogens is 359 g/mol. The van der Waals surface area contributed by atoms with E-state index in [9.17, 15) is 4.39 Å². The third-order valence-corrected chi connectivity index (χ3v) is 4.55. The Morgan fingerprint density at radius 1 is 1.21 bits per heavy atom. The van der Waals surface area contributed by atoms with E-state index in [1.54, 1.807) is 12.1 Å². The molecule has 0 unspecified atom stereocenters. The van der Waals surface area contributed by atoms with Crippen molar-refractivity contribution in [3.05, 3.63) is 33.1 Å². The lowest BCUT2D eigenvalue weighted by atomic mass is 9.75. The molecule has 104 valence electrons. The standard InChI is InChI=1S/C13H18BFINO2/c1-12(2)13(3,4)19-14(18-12)11(17)9-7-8(16)5-6-10(9)15/h5-7,11H,17H2,1-4H3/t11-/m1/s1. The summed E-state index contributed by atoms with van der Waals surface area (Å²) in [5.74, 6) is -0.974. The van der Waals surface area contributed by atoms with E-state index in [4.69, 9.17) is 15.0 Å². The Bertz CT molecular complexity index is 480. The van der Waals surface area contributed by atoms with Gasteiger partial charge in [-0.15, -0.1) is 0 Å². The maximum atomic E-state index is 13.9. The molecule has 2 rings (SSSR count). The molecule has 1 fully saturated rings. The molecule has 19 heavy (non-hydrogen) atoms. The summed E-state index contributed by atoms with van der Waals surface area (Å²) < 4.78 is 26.5. The van der Waals surface area contributed by atoms with Crippen LogP contribution in [0, 0.1) is 9.39 Å². The van der Waals surface area contributed by atoms with Crippen molar-refractivity contribution in [2.75, 3.05) is 0 Å². The Balaban J connectivity index is 2.27. The molecule has 0 aromatic heterocycles. The van der Waals surface area contributed by atoms with Gasteiger partial charge >= 0.3 is 7.12 Å². The van der Waals surface area contributed by atoms with Crippen LogP contribution in [0.15, 0.2) is 18.2 Å². The van der Waals surface area contributed by atoms with E-state index >= 15 is 0 Å². The smallest absolute Gasteiger partial charge is 0.402 e. The van der Waals surface area contributed by atoms with Crippen LogP contribution < -0.4 is 5.73 Å². The number of hydrogen-bond donors (Lipinski definition) is 1. The summed E-state index contributed by atoms with van der Waals surface area (Å²) in [6.07, 6.45) is 0. The van der Waals surface area contributed by atoms with Gasteiger partial charge in [-0.05, 0) is 68.5 Å². The van der Waals surface area contributed by atoms with E-state index in [2.05, 4.69) is 22.6 Å². The fraction of sp³-hybridized carbons (Fsp3) is 0.538. The minimum Gasteiger partial charge on any atom is -0.402 e. The van der Waals surface area contributed by atoms with Crippen LogP contribution in [0.1, 0.15) is 39.2 Å². The third kappa shape index (κ3) is 2.81. The zero-order valence-electron chi connectivity index (χ0n) is 11.5. The zero-order chi connectivity index (χ0) is 14.4. The van der Waals surface area contributed by atoms with Crippen LogP contribution in [-0.4, -0.2) is 18.3 Å². The van der Waals surface area contributed by atoms with E-state index < -0.39 is 24.3 Å². The lowest BCUT2D eigenvalue weighted by molar-refractivity contribution is 0.00578. The fourth-order valence-electron chi connectivity index (χ4n) is 1.95. The van der Waals surface area contributed by atoms with Crippen molar-refractivity contribution >= 4 is 29.7 Å². The average molecular weight is 377 g/mol. The van der Waals surface area contributed by atoms with Gasteiger partial charge in [-0.25, -0.2) is 4.39 Å². The van der Waals surface area contributed by atoms with Gasteiger partial charge in [0, 0.05) is 9.13 Å². The SMILES string of the molecule is CC1(C)OB([C@H](N)c2cc(I)ccc2F)OC1(C)C. The van der Waals surface area contributed by atoms with Crippen molar-refractivity contribution in [2.24, 2.45) is 5.73 Å². The molecule has 0 aliphatic carbocycles. The molecule has 0 radical (unpaired) electrons. The quantitative estimate of drug-likeness (QED) is 0.637. The van der Waals surface area contributed by atoms with Crippen molar-refractivity contribution in [1.29, 1.82) is 0 Å².